The molecule has 0 bridgehead atoms. The molecular formula is C12H19ClN2OS. The van der Waals surface area contributed by atoms with Gasteiger partial charge in [0, 0.05) is 12.6 Å². The summed E-state index contributed by atoms with van der Waals surface area (Å²) in [6.07, 6.45) is 3.16. The average Bonchev–Trinajstić information content (AvgIpc) is 2.78. The summed E-state index contributed by atoms with van der Waals surface area (Å²) in [5.41, 5.74) is 1.16. The Kier molecular flexibility index (Phi) is 5.95. The van der Waals surface area contributed by atoms with Crippen LogP contribution in [0, 0.1) is 0 Å². The van der Waals surface area contributed by atoms with Crippen LogP contribution >= 0.6 is 23.7 Å². The van der Waals surface area contributed by atoms with Crippen molar-refractivity contribution < 1.29 is 4.79 Å². The highest BCUT2D eigenvalue weighted by Crippen LogP contribution is 2.17. The molecule has 2 heterocycles. The fourth-order valence-electron chi connectivity index (χ4n) is 2.04. The van der Waals surface area contributed by atoms with Gasteiger partial charge in [-0.05, 0) is 42.8 Å². The second-order valence-electron chi connectivity index (χ2n) is 4.15. The Morgan fingerprint density at radius 1 is 1.65 bits per heavy atom. The second kappa shape index (κ2) is 6.99. The predicted octanol–water partition coefficient (Wildman–Crippen LogP) is 2.21. The number of amides is 1. The highest BCUT2D eigenvalue weighted by molar-refractivity contribution is 7.12. The van der Waals surface area contributed by atoms with Crippen molar-refractivity contribution in [3.05, 3.63) is 21.9 Å². The lowest BCUT2D eigenvalue weighted by Gasteiger charge is -2.23. The number of halogens is 1. The molecular weight excluding hydrogens is 256 g/mol. The average molecular weight is 275 g/mol. The Hall–Kier alpha value is -0.580. The van der Waals surface area contributed by atoms with Crippen molar-refractivity contribution >= 4 is 29.7 Å². The molecule has 1 aliphatic rings. The van der Waals surface area contributed by atoms with Crippen molar-refractivity contribution in [3.8, 4) is 0 Å². The first kappa shape index (κ1) is 14.5. The molecule has 1 aliphatic heterocycles. The molecule has 0 spiro atoms. The summed E-state index contributed by atoms with van der Waals surface area (Å²) >= 11 is 1.54. The fourth-order valence-corrected chi connectivity index (χ4v) is 2.94. The largest absolute Gasteiger partial charge is 0.347 e. The van der Waals surface area contributed by atoms with Crippen LogP contribution in [0.2, 0.25) is 0 Å². The lowest BCUT2D eigenvalue weighted by atomic mass is 10.1. The molecule has 0 saturated carbocycles. The number of carbonyl (C=O) groups is 1. The van der Waals surface area contributed by atoms with Crippen LogP contribution in [0.25, 0.3) is 0 Å². The maximum absolute atomic E-state index is 12.0. The zero-order chi connectivity index (χ0) is 11.4. The van der Waals surface area contributed by atoms with Gasteiger partial charge in [-0.1, -0.05) is 6.92 Å². The number of aryl methyl sites for hydroxylation is 1. The molecule has 96 valence electrons. The molecule has 17 heavy (non-hydrogen) atoms. The van der Waals surface area contributed by atoms with E-state index in [2.05, 4.69) is 17.6 Å². The topological polar surface area (TPSA) is 41.1 Å². The molecule has 5 heteroatoms. The summed E-state index contributed by atoms with van der Waals surface area (Å²) < 4.78 is 0. The van der Waals surface area contributed by atoms with Gasteiger partial charge in [-0.2, -0.15) is 0 Å². The number of hydrogen-bond donors (Lipinski definition) is 2. The molecule has 3 nitrogen and oxygen atoms in total. The minimum absolute atomic E-state index is 0. The van der Waals surface area contributed by atoms with Gasteiger partial charge in [-0.15, -0.1) is 23.7 Å². The summed E-state index contributed by atoms with van der Waals surface area (Å²) in [6.45, 7) is 4.06. The van der Waals surface area contributed by atoms with Crippen LogP contribution in [-0.2, 0) is 6.42 Å². The van der Waals surface area contributed by atoms with Gasteiger partial charge in [0.25, 0.3) is 5.91 Å². The number of nitrogens with one attached hydrogen (secondary N) is 2. The molecule has 1 atom stereocenters. The Morgan fingerprint density at radius 3 is 3.12 bits per heavy atom. The van der Waals surface area contributed by atoms with E-state index in [0.717, 1.165) is 42.8 Å². The van der Waals surface area contributed by atoms with Crippen molar-refractivity contribution in [2.75, 3.05) is 13.1 Å². The minimum atomic E-state index is 0. The van der Waals surface area contributed by atoms with Gasteiger partial charge in [0.1, 0.15) is 0 Å². The molecule has 2 N–H and O–H groups in total. The van der Waals surface area contributed by atoms with Crippen LogP contribution in [0.5, 0.6) is 0 Å². The van der Waals surface area contributed by atoms with E-state index in [1.807, 2.05) is 11.4 Å². The first-order valence-corrected chi connectivity index (χ1v) is 6.77. The molecule has 0 aliphatic carbocycles. The zero-order valence-corrected chi connectivity index (χ0v) is 11.6. The van der Waals surface area contributed by atoms with Gasteiger partial charge < -0.3 is 10.6 Å². The van der Waals surface area contributed by atoms with E-state index >= 15 is 0 Å². The molecule has 1 saturated heterocycles. The Bertz CT molecular complexity index is 361. The van der Waals surface area contributed by atoms with Crippen LogP contribution in [0.1, 0.15) is 35.0 Å². The summed E-state index contributed by atoms with van der Waals surface area (Å²) in [7, 11) is 0. The Balaban J connectivity index is 0.00000144. The SMILES string of the molecule is CCc1ccsc1C(=O)NC1CCCNC1.Cl. The van der Waals surface area contributed by atoms with Crippen LogP contribution in [0.3, 0.4) is 0 Å². The molecule has 1 amide bonds. The maximum atomic E-state index is 12.0. The van der Waals surface area contributed by atoms with E-state index in [-0.39, 0.29) is 18.3 Å². The van der Waals surface area contributed by atoms with Crippen LogP contribution in [0.4, 0.5) is 0 Å². The summed E-state index contributed by atoms with van der Waals surface area (Å²) in [6, 6.07) is 2.34. The van der Waals surface area contributed by atoms with E-state index < -0.39 is 0 Å². The molecule has 1 unspecified atom stereocenters. The van der Waals surface area contributed by atoms with Gasteiger partial charge in [0.2, 0.25) is 0 Å². The highest BCUT2D eigenvalue weighted by atomic mass is 35.5. The Morgan fingerprint density at radius 2 is 2.47 bits per heavy atom. The van der Waals surface area contributed by atoms with Crippen LogP contribution < -0.4 is 10.6 Å². The number of piperidine rings is 1. The van der Waals surface area contributed by atoms with Crippen molar-refractivity contribution in [3.63, 3.8) is 0 Å². The third-order valence-electron chi connectivity index (χ3n) is 2.97. The van der Waals surface area contributed by atoms with Gasteiger partial charge in [0.15, 0.2) is 0 Å². The lowest BCUT2D eigenvalue weighted by molar-refractivity contribution is 0.0934. The number of hydrogen-bond acceptors (Lipinski definition) is 3. The number of rotatable bonds is 3. The number of carbonyl (C=O) groups excluding carboxylic acids is 1. The first-order valence-electron chi connectivity index (χ1n) is 5.89. The van der Waals surface area contributed by atoms with E-state index in [9.17, 15) is 4.79 Å². The normalized spacial score (nSPS) is 19.5. The Labute approximate surface area is 112 Å². The smallest absolute Gasteiger partial charge is 0.261 e. The fraction of sp³-hybridized carbons (Fsp3) is 0.583. The monoisotopic (exact) mass is 274 g/mol. The van der Waals surface area contributed by atoms with Gasteiger partial charge >= 0.3 is 0 Å². The third kappa shape index (κ3) is 3.69. The van der Waals surface area contributed by atoms with E-state index in [1.54, 1.807) is 0 Å². The van der Waals surface area contributed by atoms with Crippen LogP contribution in [-0.4, -0.2) is 25.0 Å². The van der Waals surface area contributed by atoms with Gasteiger partial charge in [-0.25, -0.2) is 0 Å². The minimum Gasteiger partial charge on any atom is -0.347 e. The molecule has 2 rings (SSSR count). The van der Waals surface area contributed by atoms with Crippen molar-refractivity contribution in [1.82, 2.24) is 10.6 Å². The lowest BCUT2D eigenvalue weighted by Crippen LogP contribution is -2.45. The molecule has 1 aromatic heterocycles. The first-order chi connectivity index (χ1) is 7.81. The standard InChI is InChI=1S/C12H18N2OS.ClH/c1-2-9-5-7-16-11(9)12(15)14-10-4-3-6-13-8-10;/h5,7,10,13H,2-4,6,8H2,1H3,(H,14,15);1H. The van der Waals surface area contributed by atoms with E-state index in [4.69, 9.17) is 0 Å². The quantitative estimate of drug-likeness (QED) is 0.887. The molecule has 1 aromatic rings. The van der Waals surface area contributed by atoms with Gasteiger partial charge in [0.05, 0.1) is 4.88 Å². The van der Waals surface area contributed by atoms with E-state index in [1.165, 1.54) is 11.3 Å². The van der Waals surface area contributed by atoms with Crippen molar-refractivity contribution in [2.45, 2.75) is 32.2 Å². The van der Waals surface area contributed by atoms with E-state index in [0.29, 0.717) is 6.04 Å². The summed E-state index contributed by atoms with van der Waals surface area (Å²) in [5.74, 6) is 0.0977. The third-order valence-corrected chi connectivity index (χ3v) is 3.92. The molecule has 0 aromatic carbocycles. The zero-order valence-electron chi connectivity index (χ0n) is 9.99. The predicted molar refractivity (Wildman–Crippen MR) is 74.3 cm³/mol. The van der Waals surface area contributed by atoms with Gasteiger partial charge in [-0.3, -0.25) is 4.79 Å². The maximum Gasteiger partial charge on any atom is 0.261 e. The molecule has 1 fully saturated rings. The number of thiophene rings is 1. The van der Waals surface area contributed by atoms with Crippen molar-refractivity contribution in [2.24, 2.45) is 0 Å². The summed E-state index contributed by atoms with van der Waals surface area (Å²) in [4.78, 5) is 12.9. The summed E-state index contributed by atoms with van der Waals surface area (Å²) in [5, 5.41) is 8.40. The second-order valence-corrected chi connectivity index (χ2v) is 5.06. The van der Waals surface area contributed by atoms with Crippen molar-refractivity contribution in [1.29, 1.82) is 0 Å². The molecule has 0 radical (unpaired) electrons. The highest BCUT2D eigenvalue weighted by Gasteiger charge is 2.18. The van der Waals surface area contributed by atoms with Crippen LogP contribution in [0.15, 0.2) is 11.4 Å².